The normalized spacial score (nSPS) is 12.2. The maximum absolute atomic E-state index is 6.24. The molecule has 0 aliphatic carbocycles. The molecule has 1 unspecified atom stereocenters. The van der Waals surface area contributed by atoms with E-state index in [1.54, 1.807) is 0 Å². The number of rotatable bonds is 9. The van der Waals surface area contributed by atoms with Crippen molar-refractivity contribution in [2.24, 2.45) is 5.73 Å². The molecule has 3 heteroatoms. The van der Waals surface area contributed by atoms with E-state index in [0.29, 0.717) is 0 Å². The van der Waals surface area contributed by atoms with Crippen molar-refractivity contribution in [3.8, 4) is 11.5 Å². The van der Waals surface area contributed by atoms with E-state index >= 15 is 0 Å². The molecule has 2 N–H and O–H groups in total. The summed E-state index contributed by atoms with van der Waals surface area (Å²) in [5.41, 5.74) is 7.30. The minimum Gasteiger partial charge on any atom is -0.494 e. The monoisotopic (exact) mass is 265 g/mol. The van der Waals surface area contributed by atoms with Crippen LogP contribution in [0.1, 0.15) is 58.1 Å². The standard InChI is InChI=1S/C16H27NO2/c1-4-7-15(17)14-12-13(18-10-5-2)8-9-16(14)19-11-6-3/h8-9,12,15H,4-7,10-11,17H2,1-3H3. The van der Waals surface area contributed by atoms with E-state index in [4.69, 9.17) is 15.2 Å². The van der Waals surface area contributed by atoms with Crippen LogP contribution in [-0.4, -0.2) is 13.2 Å². The first kappa shape index (κ1) is 15.8. The molecular formula is C16H27NO2. The van der Waals surface area contributed by atoms with Gasteiger partial charge in [0.1, 0.15) is 11.5 Å². The third-order valence-corrected chi connectivity index (χ3v) is 2.91. The molecule has 108 valence electrons. The summed E-state index contributed by atoms with van der Waals surface area (Å²) in [6, 6.07) is 5.98. The van der Waals surface area contributed by atoms with Gasteiger partial charge >= 0.3 is 0 Å². The van der Waals surface area contributed by atoms with Gasteiger partial charge in [0.2, 0.25) is 0 Å². The summed E-state index contributed by atoms with van der Waals surface area (Å²) in [6.45, 7) is 7.80. The highest BCUT2D eigenvalue weighted by Gasteiger charge is 2.13. The van der Waals surface area contributed by atoms with Gasteiger partial charge in [-0.15, -0.1) is 0 Å². The molecule has 0 aliphatic heterocycles. The molecule has 0 radical (unpaired) electrons. The Balaban J connectivity index is 2.89. The summed E-state index contributed by atoms with van der Waals surface area (Å²) < 4.78 is 11.5. The second-order valence-corrected chi connectivity index (χ2v) is 4.79. The Hall–Kier alpha value is -1.22. The first-order valence-corrected chi connectivity index (χ1v) is 7.38. The molecule has 0 aromatic heterocycles. The van der Waals surface area contributed by atoms with Gasteiger partial charge in [0.25, 0.3) is 0 Å². The molecule has 0 bridgehead atoms. The first-order valence-electron chi connectivity index (χ1n) is 7.38. The molecular weight excluding hydrogens is 238 g/mol. The maximum Gasteiger partial charge on any atom is 0.124 e. The van der Waals surface area contributed by atoms with E-state index in [9.17, 15) is 0 Å². The molecule has 0 spiro atoms. The van der Waals surface area contributed by atoms with E-state index < -0.39 is 0 Å². The molecule has 0 saturated carbocycles. The number of hydrogen-bond donors (Lipinski definition) is 1. The summed E-state index contributed by atoms with van der Waals surface area (Å²) in [7, 11) is 0. The van der Waals surface area contributed by atoms with E-state index in [1.807, 2.05) is 18.2 Å². The molecule has 0 aliphatic rings. The summed E-state index contributed by atoms with van der Waals surface area (Å²) in [5.74, 6) is 1.78. The Labute approximate surface area is 117 Å². The average molecular weight is 265 g/mol. The Kier molecular flexibility index (Phi) is 7.34. The van der Waals surface area contributed by atoms with Crippen LogP contribution in [0.4, 0.5) is 0 Å². The van der Waals surface area contributed by atoms with Crippen molar-refractivity contribution < 1.29 is 9.47 Å². The van der Waals surface area contributed by atoms with Gasteiger partial charge in [-0.05, 0) is 37.5 Å². The van der Waals surface area contributed by atoms with Crippen molar-refractivity contribution in [1.29, 1.82) is 0 Å². The van der Waals surface area contributed by atoms with Crippen LogP contribution in [0.3, 0.4) is 0 Å². The molecule has 0 heterocycles. The average Bonchev–Trinajstić information content (AvgIpc) is 2.43. The van der Waals surface area contributed by atoms with Crippen molar-refractivity contribution in [3.05, 3.63) is 23.8 Å². The maximum atomic E-state index is 6.24. The van der Waals surface area contributed by atoms with Gasteiger partial charge < -0.3 is 15.2 Å². The molecule has 1 atom stereocenters. The van der Waals surface area contributed by atoms with Gasteiger partial charge in [0.05, 0.1) is 13.2 Å². The molecule has 1 aromatic rings. The van der Waals surface area contributed by atoms with Gasteiger partial charge in [0.15, 0.2) is 0 Å². The van der Waals surface area contributed by atoms with Crippen molar-refractivity contribution in [2.75, 3.05) is 13.2 Å². The van der Waals surface area contributed by atoms with Crippen molar-refractivity contribution in [3.63, 3.8) is 0 Å². The molecule has 3 nitrogen and oxygen atoms in total. The Morgan fingerprint density at radius 3 is 2.32 bits per heavy atom. The molecule has 1 rings (SSSR count). The predicted octanol–water partition coefficient (Wildman–Crippen LogP) is 4.06. The van der Waals surface area contributed by atoms with Crippen molar-refractivity contribution in [2.45, 2.75) is 52.5 Å². The van der Waals surface area contributed by atoms with Gasteiger partial charge in [-0.3, -0.25) is 0 Å². The first-order chi connectivity index (χ1) is 9.22. The van der Waals surface area contributed by atoms with Crippen LogP contribution in [-0.2, 0) is 0 Å². The van der Waals surface area contributed by atoms with Crippen LogP contribution in [0, 0.1) is 0 Å². The fraction of sp³-hybridized carbons (Fsp3) is 0.625. The molecule has 0 saturated heterocycles. The van der Waals surface area contributed by atoms with Gasteiger partial charge in [-0.2, -0.15) is 0 Å². The lowest BCUT2D eigenvalue weighted by Crippen LogP contribution is -2.12. The molecule has 19 heavy (non-hydrogen) atoms. The van der Waals surface area contributed by atoms with E-state index in [2.05, 4.69) is 20.8 Å². The lowest BCUT2D eigenvalue weighted by molar-refractivity contribution is 0.303. The molecule has 0 fully saturated rings. The van der Waals surface area contributed by atoms with Crippen molar-refractivity contribution >= 4 is 0 Å². The minimum atomic E-state index is 0.0158. The lowest BCUT2D eigenvalue weighted by atomic mass is 10.0. The smallest absolute Gasteiger partial charge is 0.124 e. The summed E-state index contributed by atoms with van der Waals surface area (Å²) in [6.07, 6.45) is 4.02. The van der Waals surface area contributed by atoms with Crippen LogP contribution in [0.5, 0.6) is 11.5 Å². The fourth-order valence-corrected chi connectivity index (χ4v) is 1.94. The summed E-state index contributed by atoms with van der Waals surface area (Å²) in [5, 5.41) is 0. The highest BCUT2D eigenvalue weighted by atomic mass is 16.5. The zero-order valence-corrected chi connectivity index (χ0v) is 12.4. The van der Waals surface area contributed by atoms with Crippen LogP contribution in [0.2, 0.25) is 0 Å². The Bertz CT molecular complexity index is 366. The predicted molar refractivity (Wildman–Crippen MR) is 79.9 cm³/mol. The quantitative estimate of drug-likeness (QED) is 0.732. The molecule has 0 amide bonds. The van der Waals surface area contributed by atoms with Crippen LogP contribution in [0.25, 0.3) is 0 Å². The lowest BCUT2D eigenvalue weighted by Gasteiger charge is -2.18. The second-order valence-electron chi connectivity index (χ2n) is 4.79. The SMILES string of the molecule is CCCOc1ccc(OCCC)c(C(N)CCC)c1. The number of hydrogen-bond acceptors (Lipinski definition) is 3. The third-order valence-electron chi connectivity index (χ3n) is 2.91. The van der Waals surface area contributed by atoms with Crippen LogP contribution < -0.4 is 15.2 Å². The van der Waals surface area contributed by atoms with E-state index in [1.165, 1.54) is 0 Å². The zero-order chi connectivity index (χ0) is 14.1. The molecule has 1 aromatic carbocycles. The van der Waals surface area contributed by atoms with Crippen molar-refractivity contribution in [1.82, 2.24) is 0 Å². The highest BCUT2D eigenvalue weighted by Crippen LogP contribution is 2.30. The van der Waals surface area contributed by atoms with Gasteiger partial charge in [0, 0.05) is 11.6 Å². The zero-order valence-electron chi connectivity index (χ0n) is 12.4. The Morgan fingerprint density at radius 1 is 1.00 bits per heavy atom. The van der Waals surface area contributed by atoms with Crippen LogP contribution >= 0.6 is 0 Å². The van der Waals surface area contributed by atoms with E-state index in [0.717, 1.165) is 56.0 Å². The number of benzene rings is 1. The van der Waals surface area contributed by atoms with Gasteiger partial charge in [-0.25, -0.2) is 0 Å². The summed E-state index contributed by atoms with van der Waals surface area (Å²) >= 11 is 0. The number of ether oxygens (including phenoxy) is 2. The largest absolute Gasteiger partial charge is 0.494 e. The third kappa shape index (κ3) is 5.11. The second kappa shape index (κ2) is 8.81. The highest BCUT2D eigenvalue weighted by molar-refractivity contribution is 5.42. The topological polar surface area (TPSA) is 44.5 Å². The van der Waals surface area contributed by atoms with E-state index in [-0.39, 0.29) is 6.04 Å². The van der Waals surface area contributed by atoms with Gasteiger partial charge in [-0.1, -0.05) is 27.2 Å². The number of nitrogens with two attached hydrogens (primary N) is 1. The fourth-order valence-electron chi connectivity index (χ4n) is 1.94. The van der Waals surface area contributed by atoms with Crippen LogP contribution in [0.15, 0.2) is 18.2 Å². The minimum absolute atomic E-state index is 0.0158. The summed E-state index contributed by atoms with van der Waals surface area (Å²) in [4.78, 5) is 0. The Morgan fingerprint density at radius 2 is 1.68 bits per heavy atom.